The van der Waals surface area contributed by atoms with Crippen LogP contribution in [0.2, 0.25) is 0 Å². The van der Waals surface area contributed by atoms with E-state index in [-0.39, 0.29) is 28.4 Å². The fourth-order valence-electron chi connectivity index (χ4n) is 9.21. The Morgan fingerprint density at radius 1 is 0.577 bits per heavy atom. The summed E-state index contributed by atoms with van der Waals surface area (Å²) >= 11 is 1.98. The first-order chi connectivity index (χ1) is 24.5. The van der Waals surface area contributed by atoms with Crippen molar-refractivity contribution in [2.75, 3.05) is 9.80 Å². The lowest BCUT2D eigenvalue weighted by Crippen LogP contribution is -2.60. The van der Waals surface area contributed by atoms with Gasteiger partial charge in [0.15, 0.2) is 0 Å². The van der Waals surface area contributed by atoms with Crippen molar-refractivity contribution in [2.24, 2.45) is 0 Å². The zero-order chi connectivity index (χ0) is 36.5. The van der Waals surface area contributed by atoms with Gasteiger partial charge in [0.05, 0.1) is 5.69 Å². The van der Waals surface area contributed by atoms with E-state index in [0.29, 0.717) is 0 Å². The minimum absolute atomic E-state index is 0.0292. The molecule has 1 aromatic heterocycles. The molecule has 6 aromatic rings. The Labute approximate surface area is 315 Å². The van der Waals surface area contributed by atoms with Gasteiger partial charge < -0.3 is 9.80 Å². The molecule has 0 N–H and O–H groups in total. The number of hydrogen-bond acceptors (Lipinski definition) is 3. The Morgan fingerprint density at radius 3 is 1.88 bits per heavy atom. The fraction of sp³-hybridized carbons (Fsp3) is 0.333. The van der Waals surface area contributed by atoms with Gasteiger partial charge in [0, 0.05) is 43.3 Å². The summed E-state index contributed by atoms with van der Waals surface area (Å²) in [5, 5.41) is 1.34. The molecule has 9 rings (SSSR count). The largest absolute Gasteiger partial charge is 0.311 e. The maximum atomic E-state index is 2.63. The number of hydrogen-bond donors (Lipinski definition) is 0. The minimum Gasteiger partial charge on any atom is -0.311 e. The summed E-state index contributed by atoms with van der Waals surface area (Å²) in [6.07, 6.45) is 2.41. The van der Waals surface area contributed by atoms with Crippen LogP contribution in [-0.4, -0.2) is 6.71 Å². The summed E-state index contributed by atoms with van der Waals surface area (Å²) in [6.45, 7) is 23.8. The molecule has 0 fully saturated rings. The van der Waals surface area contributed by atoms with Gasteiger partial charge in [-0.25, -0.2) is 0 Å². The van der Waals surface area contributed by atoms with Crippen molar-refractivity contribution in [3.63, 3.8) is 0 Å². The van der Waals surface area contributed by atoms with E-state index in [4.69, 9.17) is 0 Å². The summed E-state index contributed by atoms with van der Waals surface area (Å²) < 4.78 is 2.79. The zero-order valence-corrected chi connectivity index (χ0v) is 33.4. The SMILES string of the molecule is CC(C)(C)c1ccc(N2c3ccc(C(C)(C)C)cc3B3c4sc5ccccc5c4N(c4ccc5c(c4)C(C)(C)CCC5(C)C)c4cccc2c43)cc1. The first kappa shape index (κ1) is 33.6. The van der Waals surface area contributed by atoms with Gasteiger partial charge in [-0.2, -0.15) is 0 Å². The van der Waals surface area contributed by atoms with E-state index < -0.39 is 0 Å². The lowest BCUT2D eigenvalue weighted by Gasteiger charge is -2.45. The van der Waals surface area contributed by atoms with Crippen molar-refractivity contribution in [1.29, 1.82) is 0 Å². The monoisotopic (exact) mass is 698 g/mol. The molecule has 0 unspecified atom stereocenters. The molecule has 0 amide bonds. The number of nitrogens with zero attached hydrogens (tertiary/aromatic N) is 2. The van der Waals surface area contributed by atoms with E-state index in [2.05, 4.69) is 182 Å². The van der Waals surface area contributed by atoms with E-state index in [1.807, 2.05) is 11.3 Å². The maximum absolute atomic E-state index is 2.63. The summed E-state index contributed by atoms with van der Waals surface area (Å²) in [5.74, 6) is 0. The second-order valence-electron chi connectivity index (χ2n) is 18.9. The summed E-state index contributed by atoms with van der Waals surface area (Å²) in [7, 11) is 0. The van der Waals surface area contributed by atoms with Crippen LogP contribution >= 0.6 is 11.3 Å². The van der Waals surface area contributed by atoms with Crippen LogP contribution in [-0.2, 0) is 21.7 Å². The lowest BCUT2D eigenvalue weighted by atomic mass is 9.36. The molecule has 0 radical (unpaired) electrons. The summed E-state index contributed by atoms with van der Waals surface area (Å²) in [5.41, 5.74) is 16.6. The van der Waals surface area contributed by atoms with Crippen molar-refractivity contribution in [2.45, 2.75) is 104 Å². The van der Waals surface area contributed by atoms with Crippen LogP contribution in [0.3, 0.4) is 0 Å². The van der Waals surface area contributed by atoms with E-state index in [9.17, 15) is 0 Å². The average Bonchev–Trinajstić information content (AvgIpc) is 3.48. The molecule has 4 heteroatoms. The molecule has 3 heterocycles. The third-order valence-corrected chi connectivity index (χ3v) is 13.7. The average molecular weight is 699 g/mol. The topological polar surface area (TPSA) is 6.48 Å². The first-order valence-corrected chi connectivity index (χ1v) is 20.0. The van der Waals surface area contributed by atoms with Gasteiger partial charge in [0.2, 0.25) is 0 Å². The predicted octanol–water partition coefficient (Wildman–Crippen LogP) is 11.9. The van der Waals surface area contributed by atoms with Crippen molar-refractivity contribution in [1.82, 2.24) is 0 Å². The van der Waals surface area contributed by atoms with Crippen LogP contribution in [0.4, 0.5) is 34.1 Å². The highest BCUT2D eigenvalue weighted by Crippen LogP contribution is 2.51. The number of benzene rings is 5. The van der Waals surface area contributed by atoms with E-state index >= 15 is 0 Å². The Balaban J connectivity index is 1.35. The smallest absolute Gasteiger partial charge is 0.264 e. The van der Waals surface area contributed by atoms with Crippen LogP contribution in [0, 0.1) is 0 Å². The molecule has 5 aromatic carbocycles. The predicted molar refractivity (Wildman–Crippen MR) is 229 cm³/mol. The molecule has 0 saturated heterocycles. The van der Waals surface area contributed by atoms with Gasteiger partial charge in [-0.1, -0.05) is 124 Å². The molecule has 3 aliphatic rings. The first-order valence-electron chi connectivity index (χ1n) is 19.2. The molecule has 52 heavy (non-hydrogen) atoms. The molecule has 2 aliphatic heterocycles. The third-order valence-electron chi connectivity index (χ3n) is 12.4. The number of rotatable bonds is 2. The van der Waals surface area contributed by atoms with E-state index in [0.717, 1.165) is 0 Å². The van der Waals surface area contributed by atoms with Crippen LogP contribution < -0.4 is 25.5 Å². The van der Waals surface area contributed by atoms with Crippen molar-refractivity contribution >= 4 is 78.0 Å². The molecule has 0 atom stereocenters. The van der Waals surface area contributed by atoms with E-state index in [1.165, 1.54) is 95.0 Å². The molecule has 0 bridgehead atoms. The standard InChI is InChI=1S/C48H51BN2S/c1-45(2,3)30-18-21-32(22-19-30)50-38-25-20-31(46(4,5)6)28-37(38)49-42-39(50)15-13-16-40(42)51(43-34-14-11-12-17-41(34)52-44(43)49)33-23-24-35-36(29-33)48(9,10)27-26-47(35,7)8/h11-25,28-29H,26-27H2,1-10H3. The maximum Gasteiger partial charge on any atom is 0.264 e. The van der Waals surface area contributed by atoms with Crippen molar-refractivity contribution in [3.8, 4) is 0 Å². The molecule has 0 spiro atoms. The summed E-state index contributed by atoms with van der Waals surface area (Å²) in [6, 6.07) is 40.1. The van der Waals surface area contributed by atoms with Gasteiger partial charge in [-0.3, -0.25) is 0 Å². The molecule has 1 aliphatic carbocycles. The Morgan fingerprint density at radius 2 is 1.19 bits per heavy atom. The Kier molecular flexibility index (Phi) is 7.18. The van der Waals surface area contributed by atoms with Crippen LogP contribution in [0.1, 0.15) is 104 Å². The van der Waals surface area contributed by atoms with Crippen LogP contribution in [0.25, 0.3) is 10.1 Å². The highest BCUT2D eigenvalue weighted by molar-refractivity contribution is 7.33. The van der Waals surface area contributed by atoms with Crippen LogP contribution in [0.15, 0.2) is 103 Å². The molecular weight excluding hydrogens is 647 g/mol. The molecule has 0 saturated carbocycles. The quantitative estimate of drug-likeness (QED) is 0.166. The number of thiophene rings is 1. The zero-order valence-electron chi connectivity index (χ0n) is 32.6. The lowest BCUT2D eigenvalue weighted by molar-refractivity contribution is 0.332. The highest BCUT2D eigenvalue weighted by atomic mass is 32.1. The minimum atomic E-state index is 0.0292. The molecule has 262 valence electrons. The van der Waals surface area contributed by atoms with Gasteiger partial charge in [-0.15, -0.1) is 11.3 Å². The molecular formula is C48H51BN2S. The van der Waals surface area contributed by atoms with Gasteiger partial charge in [0.1, 0.15) is 0 Å². The van der Waals surface area contributed by atoms with Gasteiger partial charge >= 0.3 is 0 Å². The van der Waals surface area contributed by atoms with Crippen LogP contribution in [0.5, 0.6) is 0 Å². The Hall–Kier alpha value is -4.28. The van der Waals surface area contributed by atoms with E-state index in [1.54, 1.807) is 0 Å². The fourth-order valence-corrected chi connectivity index (χ4v) is 10.5. The number of fused-ring (bicyclic) bond motifs is 7. The van der Waals surface area contributed by atoms with Crippen molar-refractivity contribution in [3.05, 3.63) is 125 Å². The second-order valence-corrected chi connectivity index (χ2v) is 20.0. The Bertz CT molecular complexity index is 2400. The highest BCUT2D eigenvalue weighted by Gasteiger charge is 2.46. The second kappa shape index (κ2) is 11.1. The van der Waals surface area contributed by atoms with Gasteiger partial charge in [-0.05, 0) is 116 Å². The van der Waals surface area contributed by atoms with Gasteiger partial charge in [0.25, 0.3) is 6.71 Å². The molecule has 2 nitrogen and oxygen atoms in total. The normalized spacial score (nSPS) is 17.1. The number of anilines is 6. The van der Waals surface area contributed by atoms with Crippen molar-refractivity contribution < 1.29 is 0 Å². The summed E-state index contributed by atoms with van der Waals surface area (Å²) in [4.78, 5) is 5.17. The third kappa shape index (κ3) is 4.97.